The minimum Gasteiger partial charge on any atom is -0.310 e. The number of sulfone groups is 1. The lowest BCUT2D eigenvalue weighted by Gasteiger charge is -2.00. The molecule has 0 amide bonds. The van der Waals surface area contributed by atoms with Gasteiger partial charge in [0.25, 0.3) is 0 Å². The van der Waals surface area contributed by atoms with Gasteiger partial charge in [-0.25, -0.2) is 8.42 Å². The van der Waals surface area contributed by atoms with Crippen LogP contribution in [0.2, 0.25) is 0 Å². The number of Topliss-reactive ketones (excluding diaryl/α,β-unsaturated/α-hetero) is 1. The Labute approximate surface area is 88.2 Å². The van der Waals surface area contributed by atoms with E-state index in [0.717, 1.165) is 19.1 Å². The lowest BCUT2D eigenvalue weighted by atomic mass is 10.6. The smallest absolute Gasteiger partial charge is 0.144 e. The number of rotatable bonds is 1. The molecule has 14 heavy (non-hydrogen) atoms. The summed E-state index contributed by atoms with van der Waals surface area (Å²) in [5.41, 5.74) is 0. The quantitative estimate of drug-likeness (QED) is 0.663. The molecule has 0 saturated heterocycles. The van der Waals surface area contributed by atoms with Crippen molar-refractivity contribution in [2.75, 3.05) is 33.2 Å². The second-order valence-electron chi connectivity index (χ2n) is 3.45. The van der Waals surface area contributed by atoms with E-state index in [1.54, 1.807) is 0 Å². The van der Waals surface area contributed by atoms with Gasteiger partial charge in [0.05, 0.1) is 0 Å². The molecule has 0 atom stereocenters. The minimum absolute atomic E-state index is 0.167. The summed E-state index contributed by atoms with van der Waals surface area (Å²) in [6.07, 6.45) is 2.32. The maximum Gasteiger partial charge on any atom is 0.144 e. The Morgan fingerprint density at radius 2 is 1.21 bits per heavy atom. The van der Waals surface area contributed by atoms with Crippen LogP contribution in [0.4, 0.5) is 0 Å². The Morgan fingerprint density at radius 1 is 1.14 bits per heavy atom. The second kappa shape index (κ2) is 10.7. The van der Waals surface area contributed by atoms with Crippen molar-refractivity contribution in [1.29, 1.82) is 0 Å². The number of hydrogen-bond donors (Lipinski definition) is 0. The first-order valence-electron chi connectivity index (χ1n) is 4.27. The molecular weight excluding hydrogens is 202 g/mol. The fraction of sp³-hybridized carbons (Fsp3) is 0.889. The average Bonchev–Trinajstić information content (AvgIpc) is 1.82. The molecule has 0 bridgehead atoms. The van der Waals surface area contributed by atoms with E-state index in [1.165, 1.54) is 13.8 Å². The van der Waals surface area contributed by atoms with Gasteiger partial charge in [0.2, 0.25) is 0 Å². The minimum atomic E-state index is -2.67. The molecular formula is C9H23NO3S. The maximum absolute atomic E-state index is 9.63. The SMILES string of the molecule is CC(C)=O.CCN(C)C.CS(C)(=O)=O. The molecule has 0 rings (SSSR count). The van der Waals surface area contributed by atoms with Gasteiger partial charge in [-0.15, -0.1) is 0 Å². The first kappa shape index (κ1) is 19.2. The van der Waals surface area contributed by atoms with Gasteiger partial charge in [-0.05, 0) is 34.5 Å². The van der Waals surface area contributed by atoms with Crippen molar-refractivity contribution in [2.24, 2.45) is 0 Å². The Morgan fingerprint density at radius 3 is 1.21 bits per heavy atom. The van der Waals surface area contributed by atoms with Crippen LogP contribution in [0.5, 0.6) is 0 Å². The highest BCUT2D eigenvalue weighted by Crippen LogP contribution is 1.63. The van der Waals surface area contributed by atoms with Gasteiger partial charge in [0.15, 0.2) is 0 Å². The van der Waals surface area contributed by atoms with E-state index < -0.39 is 9.84 Å². The lowest BCUT2D eigenvalue weighted by Crippen LogP contribution is -2.08. The normalized spacial score (nSPS) is 9.43. The third-order valence-electron chi connectivity index (χ3n) is 0.632. The molecule has 0 N–H and O–H groups in total. The molecule has 88 valence electrons. The molecule has 0 heterocycles. The molecule has 0 aliphatic rings. The standard InChI is InChI=1S/C4H11N.C3H6O.C2H6O2S/c1-4-5(2)3;1-3(2)4;1-5(2,3)4/h4H2,1-3H3;1-2H3;1-2H3. The van der Waals surface area contributed by atoms with Crippen LogP contribution in [0.15, 0.2) is 0 Å². The summed E-state index contributed by atoms with van der Waals surface area (Å²) in [6, 6.07) is 0. The van der Waals surface area contributed by atoms with Crippen molar-refractivity contribution >= 4 is 15.6 Å². The van der Waals surface area contributed by atoms with Crippen LogP contribution < -0.4 is 0 Å². The van der Waals surface area contributed by atoms with Crippen molar-refractivity contribution in [3.05, 3.63) is 0 Å². The van der Waals surface area contributed by atoms with E-state index in [-0.39, 0.29) is 5.78 Å². The molecule has 4 nitrogen and oxygen atoms in total. The van der Waals surface area contributed by atoms with Crippen molar-refractivity contribution in [3.8, 4) is 0 Å². The van der Waals surface area contributed by atoms with Gasteiger partial charge in [-0.2, -0.15) is 0 Å². The Hall–Kier alpha value is -0.420. The Bertz CT molecular complexity index is 208. The summed E-state index contributed by atoms with van der Waals surface area (Å²) in [5, 5.41) is 0. The van der Waals surface area contributed by atoms with E-state index >= 15 is 0 Å². The average molecular weight is 225 g/mol. The number of ketones is 1. The third-order valence-corrected chi connectivity index (χ3v) is 0.632. The second-order valence-corrected chi connectivity index (χ2v) is 5.73. The van der Waals surface area contributed by atoms with Crippen LogP contribution in [0.1, 0.15) is 20.8 Å². The molecule has 0 spiro atoms. The monoisotopic (exact) mass is 225 g/mol. The first-order valence-corrected chi connectivity index (χ1v) is 6.57. The molecule has 0 aromatic carbocycles. The Balaban J connectivity index is -0.000000131. The van der Waals surface area contributed by atoms with Crippen LogP contribution in [0.25, 0.3) is 0 Å². The third kappa shape index (κ3) is 519. The number of nitrogens with zero attached hydrogens (tertiary/aromatic N) is 1. The highest BCUT2D eigenvalue weighted by molar-refractivity contribution is 7.89. The van der Waals surface area contributed by atoms with Crippen molar-refractivity contribution in [2.45, 2.75) is 20.8 Å². The molecule has 0 saturated carbocycles. The molecule has 0 fully saturated rings. The highest BCUT2D eigenvalue weighted by atomic mass is 32.2. The fourth-order valence-corrected chi connectivity index (χ4v) is 0. The van der Waals surface area contributed by atoms with Crippen LogP contribution in [0, 0.1) is 0 Å². The van der Waals surface area contributed by atoms with E-state index in [2.05, 4.69) is 25.9 Å². The van der Waals surface area contributed by atoms with Crippen LogP contribution in [-0.4, -0.2) is 52.3 Å². The predicted molar refractivity (Wildman–Crippen MR) is 61.4 cm³/mol. The zero-order valence-electron chi connectivity index (χ0n) is 10.3. The van der Waals surface area contributed by atoms with Crippen molar-refractivity contribution in [3.63, 3.8) is 0 Å². The summed E-state index contributed by atoms with van der Waals surface area (Å²) in [4.78, 5) is 11.6. The molecule has 0 aromatic rings. The molecule has 0 aliphatic heterocycles. The summed E-state index contributed by atoms with van der Waals surface area (Å²) >= 11 is 0. The van der Waals surface area contributed by atoms with Gasteiger partial charge in [0, 0.05) is 12.5 Å². The summed E-state index contributed by atoms with van der Waals surface area (Å²) in [7, 11) is 1.44. The van der Waals surface area contributed by atoms with Gasteiger partial charge in [0.1, 0.15) is 15.6 Å². The molecule has 0 unspecified atom stereocenters. The number of hydrogen-bond acceptors (Lipinski definition) is 4. The maximum atomic E-state index is 9.63. The lowest BCUT2D eigenvalue weighted by molar-refractivity contribution is -0.114. The highest BCUT2D eigenvalue weighted by Gasteiger charge is 1.79. The van der Waals surface area contributed by atoms with Crippen molar-refractivity contribution in [1.82, 2.24) is 4.90 Å². The zero-order valence-corrected chi connectivity index (χ0v) is 11.1. The van der Waals surface area contributed by atoms with Crippen LogP contribution in [-0.2, 0) is 14.6 Å². The van der Waals surface area contributed by atoms with Crippen molar-refractivity contribution < 1.29 is 13.2 Å². The molecule has 0 aromatic heterocycles. The van der Waals surface area contributed by atoms with Crippen LogP contribution >= 0.6 is 0 Å². The topological polar surface area (TPSA) is 54.5 Å². The fourth-order valence-electron chi connectivity index (χ4n) is 0. The Kier molecular flexibility index (Phi) is 14.6. The largest absolute Gasteiger partial charge is 0.310 e. The molecule has 5 heteroatoms. The summed E-state index contributed by atoms with van der Waals surface area (Å²) < 4.78 is 19.3. The van der Waals surface area contributed by atoms with Gasteiger partial charge in [-0.1, -0.05) is 6.92 Å². The predicted octanol–water partition coefficient (Wildman–Crippen LogP) is 0.824. The summed E-state index contributed by atoms with van der Waals surface area (Å²) in [5.74, 6) is 0.167. The van der Waals surface area contributed by atoms with Crippen LogP contribution in [0.3, 0.4) is 0 Å². The van der Waals surface area contributed by atoms with E-state index in [1.807, 2.05) is 0 Å². The number of carbonyl (C=O) groups is 1. The van der Waals surface area contributed by atoms with E-state index in [9.17, 15) is 13.2 Å². The van der Waals surface area contributed by atoms with Gasteiger partial charge < -0.3 is 9.69 Å². The molecule has 0 aliphatic carbocycles. The first-order chi connectivity index (χ1) is 6.00. The zero-order chi connectivity index (χ0) is 12.4. The van der Waals surface area contributed by atoms with E-state index in [0.29, 0.717) is 0 Å². The number of carbonyl (C=O) groups excluding carboxylic acids is 1. The molecule has 0 radical (unpaired) electrons. The van der Waals surface area contributed by atoms with Gasteiger partial charge >= 0.3 is 0 Å². The van der Waals surface area contributed by atoms with Gasteiger partial charge in [-0.3, -0.25) is 0 Å². The summed E-state index contributed by atoms with van der Waals surface area (Å²) in [6.45, 7) is 6.32. The van der Waals surface area contributed by atoms with E-state index in [4.69, 9.17) is 0 Å².